The van der Waals surface area contributed by atoms with Crippen LogP contribution in [0.25, 0.3) is 6.08 Å². The standard InChI is InChI=1S/C14H20NOS.HI/c1-15(2,3)11-12-17-14(16)10-9-13-7-5-4-6-8-13;/h4-10H,11-12H2,1-3H3;1H/q+1;/p-1/b10-9+;. The maximum Gasteiger partial charge on any atom is 0.212 e. The highest BCUT2D eigenvalue weighted by atomic mass is 127. The first kappa shape index (κ1) is 17.7. The van der Waals surface area contributed by atoms with Gasteiger partial charge in [0.2, 0.25) is 5.12 Å². The van der Waals surface area contributed by atoms with Crippen LogP contribution in [-0.2, 0) is 4.79 Å². The predicted octanol–water partition coefficient (Wildman–Crippen LogP) is -0.330. The largest absolute Gasteiger partial charge is 1.00 e. The van der Waals surface area contributed by atoms with Crippen LogP contribution in [0.1, 0.15) is 5.56 Å². The number of rotatable bonds is 5. The molecule has 0 aliphatic heterocycles. The molecule has 0 fully saturated rings. The van der Waals surface area contributed by atoms with Crippen LogP contribution in [0.5, 0.6) is 0 Å². The Kier molecular flexibility index (Phi) is 8.56. The van der Waals surface area contributed by atoms with Crippen LogP contribution in [0.4, 0.5) is 0 Å². The van der Waals surface area contributed by atoms with Crippen LogP contribution in [0.15, 0.2) is 36.4 Å². The van der Waals surface area contributed by atoms with Crippen LogP contribution in [0, 0.1) is 0 Å². The van der Waals surface area contributed by atoms with Crippen LogP contribution < -0.4 is 24.0 Å². The van der Waals surface area contributed by atoms with Gasteiger partial charge in [-0.15, -0.1) is 0 Å². The normalized spacial score (nSPS) is 11.3. The molecule has 0 aliphatic rings. The van der Waals surface area contributed by atoms with Gasteiger partial charge in [-0.1, -0.05) is 48.2 Å². The molecule has 0 amide bonds. The van der Waals surface area contributed by atoms with E-state index in [0.29, 0.717) is 0 Å². The Hall–Kier alpha value is -0.330. The van der Waals surface area contributed by atoms with E-state index in [-0.39, 0.29) is 29.1 Å². The molecule has 0 heterocycles. The van der Waals surface area contributed by atoms with E-state index in [1.54, 1.807) is 6.08 Å². The summed E-state index contributed by atoms with van der Waals surface area (Å²) in [6.07, 6.45) is 3.51. The fourth-order valence-electron chi connectivity index (χ4n) is 1.20. The summed E-state index contributed by atoms with van der Waals surface area (Å²) in [6.45, 7) is 0.996. The minimum atomic E-state index is 0. The van der Waals surface area contributed by atoms with Crippen molar-refractivity contribution in [2.45, 2.75) is 0 Å². The number of hydrogen-bond acceptors (Lipinski definition) is 2. The van der Waals surface area contributed by atoms with Crippen LogP contribution in [0.2, 0.25) is 0 Å². The SMILES string of the molecule is C[N+](C)(C)CCSC(=O)/C=C/c1ccccc1.[I-]. The molecule has 0 bridgehead atoms. The first-order valence-corrected chi connectivity index (χ1v) is 6.66. The maximum absolute atomic E-state index is 11.6. The molecule has 0 unspecified atom stereocenters. The Morgan fingerprint density at radius 1 is 1.22 bits per heavy atom. The van der Waals surface area contributed by atoms with Gasteiger partial charge in [-0.25, -0.2) is 0 Å². The van der Waals surface area contributed by atoms with Crippen molar-refractivity contribution in [3.05, 3.63) is 42.0 Å². The summed E-state index contributed by atoms with van der Waals surface area (Å²) in [5.41, 5.74) is 1.06. The lowest BCUT2D eigenvalue weighted by atomic mass is 10.2. The van der Waals surface area contributed by atoms with Crippen molar-refractivity contribution in [2.24, 2.45) is 0 Å². The average Bonchev–Trinajstić information content (AvgIpc) is 2.26. The molecule has 100 valence electrons. The Labute approximate surface area is 131 Å². The third kappa shape index (κ3) is 8.72. The molecule has 1 aromatic rings. The molecule has 0 spiro atoms. The Morgan fingerprint density at radius 2 is 1.83 bits per heavy atom. The van der Waals surface area contributed by atoms with E-state index < -0.39 is 0 Å². The zero-order chi connectivity index (χ0) is 12.7. The van der Waals surface area contributed by atoms with Crippen molar-refractivity contribution in [3.63, 3.8) is 0 Å². The van der Waals surface area contributed by atoms with Crippen molar-refractivity contribution in [1.29, 1.82) is 0 Å². The summed E-state index contributed by atoms with van der Waals surface area (Å²) < 4.78 is 0.892. The molecule has 1 rings (SSSR count). The molecule has 1 aromatic carbocycles. The quantitative estimate of drug-likeness (QED) is 0.397. The van der Waals surface area contributed by atoms with Gasteiger partial charge in [-0.2, -0.15) is 0 Å². The fourth-order valence-corrected chi connectivity index (χ4v) is 2.20. The summed E-state index contributed by atoms with van der Waals surface area (Å²) in [6, 6.07) is 9.87. The van der Waals surface area contributed by atoms with E-state index in [9.17, 15) is 4.79 Å². The summed E-state index contributed by atoms with van der Waals surface area (Å²) >= 11 is 1.38. The van der Waals surface area contributed by atoms with E-state index >= 15 is 0 Å². The van der Waals surface area contributed by atoms with Crippen molar-refractivity contribution in [1.82, 2.24) is 0 Å². The molecule has 4 heteroatoms. The minimum absolute atomic E-state index is 0. The van der Waals surface area contributed by atoms with Gasteiger partial charge < -0.3 is 28.5 Å². The molecule has 2 nitrogen and oxygen atoms in total. The number of nitrogens with zero attached hydrogens (tertiary/aromatic N) is 1. The van der Waals surface area contributed by atoms with Crippen molar-refractivity contribution in [2.75, 3.05) is 33.4 Å². The highest BCUT2D eigenvalue weighted by molar-refractivity contribution is 8.14. The Morgan fingerprint density at radius 3 is 2.39 bits per heavy atom. The monoisotopic (exact) mass is 377 g/mol. The second-order valence-electron chi connectivity index (χ2n) is 4.93. The molecule has 0 N–H and O–H groups in total. The third-order valence-electron chi connectivity index (χ3n) is 2.22. The molecule has 0 aromatic heterocycles. The highest BCUT2D eigenvalue weighted by Gasteiger charge is 2.07. The first-order chi connectivity index (χ1) is 7.97. The Bertz CT molecular complexity index is 385. The number of benzene rings is 1. The molecule has 0 saturated carbocycles. The third-order valence-corrected chi connectivity index (χ3v) is 3.03. The molecule has 18 heavy (non-hydrogen) atoms. The van der Waals surface area contributed by atoms with Gasteiger partial charge in [-0.3, -0.25) is 4.79 Å². The minimum Gasteiger partial charge on any atom is -1.00 e. The molecule has 0 atom stereocenters. The van der Waals surface area contributed by atoms with E-state index in [4.69, 9.17) is 0 Å². The van der Waals surface area contributed by atoms with Gasteiger partial charge in [0.1, 0.15) is 0 Å². The van der Waals surface area contributed by atoms with E-state index in [0.717, 1.165) is 22.3 Å². The van der Waals surface area contributed by atoms with Crippen molar-refractivity contribution < 1.29 is 33.3 Å². The van der Waals surface area contributed by atoms with Gasteiger partial charge in [0.25, 0.3) is 0 Å². The van der Waals surface area contributed by atoms with Crippen molar-refractivity contribution in [3.8, 4) is 0 Å². The highest BCUT2D eigenvalue weighted by Crippen LogP contribution is 2.08. The molecular formula is C14H20INOS. The average molecular weight is 377 g/mol. The summed E-state index contributed by atoms with van der Waals surface area (Å²) in [4.78, 5) is 11.6. The zero-order valence-electron chi connectivity index (χ0n) is 11.1. The number of carbonyl (C=O) groups excluding carboxylic acids is 1. The smallest absolute Gasteiger partial charge is 0.212 e. The lowest BCUT2D eigenvalue weighted by Gasteiger charge is -2.22. The number of quaternary nitrogens is 1. The van der Waals surface area contributed by atoms with Crippen LogP contribution >= 0.6 is 11.8 Å². The van der Waals surface area contributed by atoms with E-state index in [1.165, 1.54) is 11.8 Å². The lowest BCUT2D eigenvalue weighted by Crippen LogP contribution is -3.00. The summed E-state index contributed by atoms with van der Waals surface area (Å²) in [5.74, 6) is 0.863. The summed E-state index contributed by atoms with van der Waals surface area (Å²) in [5, 5.41) is 0.127. The fraction of sp³-hybridized carbons (Fsp3) is 0.357. The topological polar surface area (TPSA) is 17.1 Å². The first-order valence-electron chi connectivity index (χ1n) is 5.68. The number of halogens is 1. The van der Waals surface area contributed by atoms with Gasteiger partial charge in [0.15, 0.2) is 0 Å². The van der Waals surface area contributed by atoms with Gasteiger partial charge in [0.05, 0.1) is 33.4 Å². The lowest BCUT2D eigenvalue weighted by molar-refractivity contribution is -0.867. The second kappa shape index (κ2) is 8.72. The van der Waals surface area contributed by atoms with Crippen LogP contribution in [0.3, 0.4) is 0 Å². The van der Waals surface area contributed by atoms with E-state index in [2.05, 4.69) is 21.1 Å². The molecule has 0 radical (unpaired) electrons. The number of thioether (sulfide) groups is 1. The van der Waals surface area contributed by atoms with Gasteiger partial charge >= 0.3 is 0 Å². The van der Waals surface area contributed by atoms with Gasteiger partial charge in [0, 0.05) is 0 Å². The summed E-state index contributed by atoms with van der Waals surface area (Å²) in [7, 11) is 6.39. The number of carbonyl (C=O) groups is 1. The Balaban J connectivity index is 0.00000289. The van der Waals surface area contributed by atoms with E-state index in [1.807, 2.05) is 36.4 Å². The van der Waals surface area contributed by atoms with Crippen LogP contribution in [-0.4, -0.2) is 43.0 Å². The predicted molar refractivity (Wildman–Crippen MR) is 75.8 cm³/mol. The zero-order valence-corrected chi connectivity index (χ0v) is 14.1. The molecule has 0 saturated heterocycles. The number of hydrogen-bond donors (Lipinski definition) is 0. The second-order valence-corrected chi connectivity index (χ2v) is 6.02. The van der Waals surface area contributed by atoms with Gasteiger partial charge in [-0.05, 0) is 11.6 Å². The van der Waals surface area contributed by atoms with Crippen molar-refractivity contribution >= 4 is 23.0 Å². The molecular weight excluding hydrogens is 357 g/mol. The maximum atomic E-state index is 11.6. The molecule has 0 aliphatic carbocycles.